The van der Waals surface area contributed by atoms with Crippen molar-refractivity contribution >= 4 is 46.9 Å². The Morgan fingerprint density at radius 3 is 2.62 bits per heavy atom. The Labute approximate surface area is 192 Å². The predicted octanol–water partition coefficient (Wildman–Crippen LogP) is 3.51. The molecule has 3 aromatic rings. The zero-order valence-corrected chi connectivity index (χ0v) is 18.4. The summed E-state index contributed by atoms with van der Waals surface area (Å²) in [6, 6.07) is 14.8. The molecule has 2 N–H and O–H groups in total. The molecule has 0 bridgehead atoms. The second-order valence-corrected chi connectivity index (χ2v) is 7.59. The van der Waals surface area contributed by atoms with Gasteiger partial charge >= 0.3 is 5.97 Å². The number of hydrogen-bond donors (Lipinski definition) is 2. The van der Waals surface area contributed by atoms with Crippen LogP contribution >= 0.6 is 22.9 Å². The molecule has 2 aromatic carbocycles. The number of benzene rings is 2. The topological polar surface area (TPSA) is 106 Å². The number of halogens is 1. The van der Waals surface area contributed by atoms with Gasteiger partial charge in [-0.3, -0.25) is 9.59 Å². The van der Waals surface area contributed by atoms with Crippen molar-refractivity contribution in [1.29, 1.82) is 0 Å². The molecule has 0 saturated heterocycles. The minimum Gasteiger partial charge on any atom is -0.493 e. The molecule has 0 radical (unpaired) electrons. The molecule has 0 spiro atoms. The lowest BCUT2D eigenvalue weighted by Crippen LogP contribution is -2.35. The smallest absolute Gasteiger partial charge is 0.353 e. The van der Waals surface area contributed by atoms with E-state index in [9.17, 15) is 14.4 Å². The fraction of sp³-hybridized carbons (Fsp3) is 0.0909. The molecule has 0 fully saturated rings. The molecular formula is C22H18ClN3O5S. The van der Waals surface area contributed by atoms with Crippen LogP contribution in [0.1, 0.15) is 25.6 Å². The maximum Gasteiger partial charge on any atom is 0.353 e. The van der Waals surface area contributed by atoms with E-state index in [1.165, 1.54) is 24.7 Å². The highest BCUT2D eigenvalue weighted by Crippen LogP contribution is 2.28. The molecule has 164 valence electrons. The summed E-state index contributed by atoms with van der Waals surface area (Å²) in [4.78, 5) is 36.6. The first kappa shape index (κ1) is 23.0. The number of carbonyl (C=O) groups is 3. The lowest BCUT2D eigenvalue weighted by atomic mass is 10.2. The van der Waals surface area contributed by atoms with E-state index in [-0.39, 0.29) is 17.9 Å². The fourth-order valence-electron chi connectivity index (χ4n) is 2.51. The Morgan fingerprint density at radius 1 is 1.09 bits per heavy atom. The first-order chi connectivity index (χ1) is 15.5. The van der Waals surface area contributed by atoms with Crippen LogP contribution in [0.2, 0.25) is 5.02 Å². The largest absolute Gasteiger partial charge is 0.493 e. The van der Waals surface area contributed by atoms with Crippen LogP contribution in [-0.2, 0) is 4.79 Å². The molecule has 0 aliphatic rings. The van der Waals surface area contributed by atoms with E-state index < -0.39 is 17.8 Å². The van der Waals surface area contributed by atoms with Crippen molar-refractivity contribution in [3.8, 4) is 11.5 Å². The van der Waals surface area contributed by atoms with Gasteiger partial charge in [0.15, 0.2) is 11.5 Å². The van der Waals surface area contributed by atoms with Gasteiger partial charge in [-0.2, -0.15) is 5.10 Å². The Kier molecular flexibility index (Phi) is 7.96. The number of esters is 1. The Morgan fingerprint density at radius 2 is 1.91 bits per heavy atom. The third-order valence-electron chi connectivity index (χ3n) is 4.04. The number of nitrogens with one attached hydrogen (secondary N) is 2. The molecule has 1 heterocycles. The summed E-state index contributed by atoms with van der Waals surface area (Å²) in [6.45, 7) is -0.275. The van der Waals surface area contributed by atoms with Crippen molar-refractivity contribution in [2.24, 2.45) is 5.10 Å². The van der Waals surface area contributed by atoms with Crippen LogP contribution in [0, 0.1) is 0 Å². The number of ether oxygens (including phenoxy) is 2. The maximum atomic E-state index is 12.1. The van der Waals surface area contributed by atoms with Crippen LogP contribution in [0.5, 0.6) is 11.5 Å². The number of carbonyl (C=O) groups excluding carboxylic acids is 3. The van der Waals surface area contributed by atoms with Crippen LogP contribution in [0.15, 0.2) is 65.1 Å². The number of amides is 2. The molecule has 1 aromatic heterocycles. The van der Waals surface area contributed by atoms with Gasteiger partial charge in [-0.15, -0.1) is 11.3 Å². The summed E-state index contributed by atoms with van der Waals surface area (Å²) in [5.41, 5.74) is 3.18. The van der Waals surface area contributed by atoms with Crippen molar-refractivity contribution < 1.29 is 23.9 Å². The number of nitrogens with zero attached hydrogens (tertiary/aromatic N) is 1. The quantitative estimate of drug-likeness (QED) is 0.226. The van der Waals surface area contributed by atoms with E-state index >= 15 is 0 Å². The van der Waals surface area contributed by atoms with E-state index in [2.05, 4.69) is 15.8 Å². The standard InChI is InChI=1S/C22H18ClN3O5S/c1-30-18-11-14(8-9-17(18)31-22(29)19-7-4-10-32-19)12-25-26-20(27)13-24-21(28)15-5-2-3-6-16(15)23/h2-12H,13H2,1H3,(H,24,28)(H,26,27)/b25-12+. The highest BCUT2D eigenvalue weighted by molar-refractivity contribution is 7.12. The Balaban J connectivity index is 1.53. The van der Waals surface area contributed by atoms with E-state index in [1.807, 2.05) is 0 Å². The summed E-state index contributed by atoms with van der Waals surface area (Å²) in [7, 11) is 1.45. The van der Waals surface area contributed by atoms with E-state index in [4.69, 9.17) is 21.1 Å². The van der Waals surface area contributed by atoms with Crippen LogP contribution in [0.3, 0.4) is 0 Å². The normalized spacial score (nSPS) is 10.6. The molecule has 10 heteroatoms. The second-order valence-electron chi connectivity index (χ2n) is 6.23. The SMILES string of the molecule is COc1cc(/C=N/NC(=O)CNC(=O)c2ccccc2Cl)ccc1OC(=O)c1cccs1. The number of methoxy groups -OCH3 is 1. The zero-order chi connectivity index (χ0) is 22.9. The van der Waals surface area contributed by atoms with Crippen molar-refractivity contribution in [3.05, 3.63) is 81.0 Å². The van der Waals surface area contributed by atoms with Crippen molar-refractivity contribution in [1.82, 2.24) is 10.7 Å². The van der Waals surface area contributed by atoms with Crippen molar-refractivity contribution in [2.45, 2.75) is 0 Å². The third-order valence-corrected chi connectivity index (χ3v) is 5.22. The van der Waals surface area contributed by atoms with Gasteiger partial charge in [0.25, 0.3) is 11.8 Å². The van der Waals surface area contributed by atoms with Gasteiger partial charge in [0.2, 0.25) is 0 Å². The summed E-state index contributed by atoms with van der Waals surface area (Å²) in [5.74, 6) is -0.875. The Hall–Kier alpha value is -3.69. The fourth-order valence-corrected chi connectivity index (χ4v) is 3.33. The number of thiophene rings is 1. The van der Waals surface area contributed by atoms with Crippen LogP contribution < -0.4 is 20.2 Å². The van der Waals surface area contributed by atoms with E-state index in [1.54, 1.807) is 60.0 Å². The van der Waals surface area contributed by atoms with Crippen molar-refractivity contribution in [2.75, 3.05) is 13.7 Å². The number of rotatable bonds is 8. The highest BCUT2D eigenvalue weighted by Gasteiger charge is 2.14. The highest BCUT2D eigenvalue weighted by atomic mass is 35.5. The summed E-state index contributed by atoms with van der Waals surface area (Å²) in [6.07, 6.45) is 1.39. The zero-order valence-electron chi connectivity index (χ0n) is 16.8. The molecule has 32 heavy (non-hydrogen) atoms. The van der Waals surface area contributed by atoms with Gasteiger partial charge in [-0.05, 0) is 47.3 Å². The minimum atomic E-state index is -0.518. The average Bonchev–Trinajstić information content (AvgIpc) is 3.34. The van der Waals surface area contributed by atoms with Gasteiger partial charge in [-0.1, -0.05) is 29.8 Å². The minimum absolute atomic E-state index is 0.259. The lowest BCUT2D eigenvalue weighted by molar-refractivity contribution is -0.120. The van der Waals surface area contributed by atoms with Crippen LogP contribution in [-0.4, -0.2) is 37.7 Å². The molecule has 8 nitrogen and oxygen atoms in total. The molecule has 3 rings (SSSR count). The Bertz CT molecular complexity index is 1150. The van der Waals surface area contributed by atoms with Gasteiger partial charge in [0, 0.05) is 0 Å². The van der Waals surface area contributed by atoms with Gasteiger partial charge in [0.05, 0.1) is 30.5 Å². The van der Waals surface area contributed by atoms with E-state index in [0.717, 1.165) is 0 Å². The summed E-state index contributed by atoms with van der Waals surface area (Å²) in [5, 5.41) is 8.39. The van der Waals surface area contributed by atoms with Gasteiger partial charge < -0.3 is 14.8 Å². The monoisotopic (exact) mass is 471 g/mol. The molecule has 0 atom stereocenters. The molecular weight excluding hydrogens is 454 g/mol. The lowest BCUT2D eigenvalue weighted by Gasteiger charge is -2.09. The molecule has 0 unspecified atom stereocenters. The molecule has 2 amide bonds. The third kappa shape index (κ3) is 6.16. The number of hydrogen-bond acceptors (Lipinski definition) is 7. The summed E-state index contributed by atoms with van der Waals surface area (Å²) >= 11 is 7.23. The van der Waals surface area contributed by atoms with E-state index in [0.29, 0.717) is 21.2 Å². The van der Waals surface area contributed by atoms with Crippen molar-refractivity contribution in [3.63, 3.8) is 0 Å². The summed E-state index contributed by atoms with van der Waals surface area (Å²) < 4.78 is 10.6. The first-order valence-corrected chi connectivity index (χ1v) is 10.5. The van der Waals surface area contributed by atoms with Crippen LogP contribution in [0.25, 0.3) is 0 Å². The average molecular weight is 472 g/mol. The van der Waals surface area contributed by atoms with Gasteiger partial charge in [0.1, 0.15) is 4.88 Å². The predicted molar refractivity (Wildman–Crippen MR) is 122 cm³/mol. The van der Waals surface area contributed by atoms with Crippen LogP contribution in [0.4, 0.5) is 0 Å². The van der Waals surface area contributed by atoms with Gasteiger partial charge in [-0.25, -0.2) is 10.2 Å². The molecule has 0 aliphatic carbocycles. The second kappa shape index (κ2) is 11.1. The molecule has 0 saturated carbocycles. The number of hydrazone groups is 1. The molecule has 0 aliphatic heterocycles. The maximum absolute atomic E-state index is 12.1. The first-order valence-electron chi connectivity index (χ1n) is 9.26.